The van der Waals surface area contributed by atoms with Crippen molar-refractivity contribution in [2.24, 2.45) is 0 Å². The molecule has 0 spiro atoms. The lowest BCUT2D eigenvalue weighted by atomic mass is 9.80. The molecule has 40 heteroatoms. The Morgan fingerprint density at radius 2 is 0.532 bits per heavy atom. The third kappa shape index (κ3) is 37.5. The van der Waals surface area contributed by atoms with Crippen LogP contribution in [0.4, 0.5) is 52.7 Å². The molecule has 738 valence electrons. The minimum atomic E-state index is -4.64. The zero-order valence-electron chi connectivity index (χ0n) is 78.9. The Bertz CT molecular complexity index is 6060. The van der Waals surface area contributed by atoms with Crippen LogP contribution in [0.1, 0.15) is 40.0 Å². The largest absolute Gasteiger partial charge is 0.489 e. The lowest BCUT2D eigenvalue weighted by Gasteiger charge is -2.15. The van der Waals surface area contributed by atoms with Crippen LogP contribution >= 0.6 is 31.9 Å². The third-order valence-corrected chi connectivity index (χ3v) is 28.2. The highest BCUT2D eigenvalue weighted by Gasteiger charge is 2.42. The van der Waals surface area contributed by atoms with Crippen molar-refractivity contribution in [1.82, 2.24) is 59.1 Å². The van der Waals surface area contributed by atoms with Gasteiger partial charge in [-0.25, -0.2) is 38.7 Å². The fourth-order valence-corrected chi connectivity index (χ4v) is 16.0. The summed E-state index contributed by atoms with van der Waals surface area (Å²) >= 11 is 6.58. The van der Waals surface area contributed by atoms with Gasteiger partial charge in [0, 0.05) is 89.9 Å². The van der Waals surface area contributed by atoms with Crippen LogP contribution in [0.3, 0.4) is 0 Å². The third-order valence-electron chi connectivity index (χ3n) is 20.3. The van der Waals surface area contributed by atoms with Gasteiger partial charge in [0.05, 0.1) is 0 Å². The molecule has 139 heavy (non-hydrogen) atoms. The van der Waals surface area contributed by atoms with Gasteiger partial charge < -0.3 is 43.2 Å². The minimum absolute atomic E-state index is 0.0114. The van der Waals surface area contributed by atoms with Gasteiger partial charge in [0.25, 0.3) is 11.6 Å². The summed E-state index contributed by atoms with van der Waals surface area (Å²) in [5, 5.41) is 33.2. The van der Waals surface area contributed by atoms with Gasteiger partial charge in [-0.05, 0) is 129 Å². The molecule has 0 aliphatic carbocycles. The van der Waals surface area contributed by atoms with Gasteiger partial charge in [0.15, 0.2) is 23.3 Å². The molecule has 21 nitrogen and oxygen atoms in total. The van der Waals surface area contributed by atoms with Crippen LogP contribution in [0.2, 0.25) is 103 Å². The zero-order chi connectivity index (χ0) is 101. The number of rotatable bonds is 36. The van der Waals surface area contributed by atoms with E-state index in [1.165, 1.54) is 4.68 Å². The fraction of sp³-hybridized carbons (Fsp3) is 0.313. The van der Waals surface area contributed by atoms with Crippen molar-refractivity contribution in [1.29, 1.82) is 0 Å². The predicted octanol–water partition coefficient (Wildman–Crippen LogP) is 26.1. The molecule has 0 amide bonds. The summed E-state index contributed by atoms with van der Waals surface area (Å²) in [6.45, 7) is 28.9. The average Bonchev–Trinajstić information content (AvgIpc) is 1.68. The summed E-state index contributed by atoms with van der Waals surface area (Å²) in [5.74, 6) is -1.92. The maximum Gasteiger partial charge on any atom is 0.488 e. The second kappa shape index (κ2) is 50.4. The maximum absolute atomic E-state index is 13.6. The smallest absolute Gasteiger partial charge is 0.488 e. The molecule has 0 radical (unpaired) electrons. The van der Waals surface area contributed by atoms with Crippen LogP contribution < -0.4 is 19.7 Å². The van der Waals surface area contributed by atoms with E-state index in [4.69, 9.17) is 43.2 Å². The SMILES string of the molecule is C[Si](C)(C)CCOCn1nc(-c2ccc(-c3ccc(OCc4ccccc4)cc3)cc2)nc1C(F)(F)F.C[Si](C)(C)CCOCn1nc(-c2ccc(Br)cc2)nc1C(F)(F)F.C[Si](C)(C)CCOCn1nc(C(F)(F)F)nc1-c1ccc(-c2ccc(OCc3ccccc3)cc2)cc1.C[Si](C)(C)CCOCn1nc(C(F)(F)F)nc1-c1ccc(Br)cc1.OB(O)c1ccc(OCc2ccccc2)cc1. The Morgan fingerprint density at radius 1 is 0.288 bits per heavy atom. The van der Waals surface area contributed by atoms with Crippen molar-refractivity contribution in [2.45, 2.75) is 174 Å². The first-order valence-electron chi connectivity index (χ1n) is 44.3. The second-order valence-electron chi connectivity index (χ2n) is 36.9. The number of alkyl halides is 12. The van der Waals surface area contributed by atoms with E-state index in [9.17, 15) is 52.7 Å². The highest BCUT2D eigenvalue weighted by molar-refractivity contribution is 9.10. The molecule has 0 atom stereocenters. The number of hydrogen-bond acceptors (Lipinski definition) is 17. The Morgan fingerprint density at radius 3 is 0.799 bits per heavy atom. The predicted molar refractivity (Wildman–Crippen MR) is 533 cm³/mol. The highest BCUT2D eigenvalue weighted by atomic mass is 79.9. The van der Waals surface area contributed by atoms with Crippen molar-refractivity contribution in [3.05, 3.63) is 310 Å². The normalized spacial score (nSPS) is 12.0. The molecule has 0 aliphatic heterocycles. The first-order chi connectivity index (χ1) is 65.5. The molecular weight excluding hydrogens is 2010 g/mol. The first kappa shape index (κ1) is 110. The molecule has 0 saturated heterocycles. The fourth-order valence-electron chi connectivity index (χ4n) is 12.4. The van der Waals surface area contributed by atoms with Gasteiger partial charge in [-0.15, -0.1) is 20.4 Å². The molecule has 0 bridgehead atoms. The van der Waals surface area contributed by atoms with Crippen LogP contribution in [0.25, 0.3) is 67.8 Å². The summed E-state index contributed by atoms with van der Waals surface area (Å²) in [4.78, 5) is 14.9. The Hall–Kier alpha value is -11.0. The maximum atomic E-state index is 13.6. The van der Waals surface area contributed by atoms with Gasteiger partial charge in [0.1, 0.15) is 64.0 Å². The van der Waals surface area contributed by atoms with Crippen LogP contribution in [0, 0.1) is 0 Å². The van der Waals surface area contributed by atoms with E-state index < -0.39 is 87.4 Å². The van der Waals surface area contributed by atoms with Crippen molar-refractivity contribution >= 4 is 76.7 Å². The summed E-state index contributed by atoms with van der Waals surface area (Å²) in [5.41, 5.74) is 9.59. The van der Waals surface area contributed by atoms with E-state index in [-0.39, 0.29) is 50.2 Å². The van der Waals surface area contributed by atoms with E-state index in [0.29, 0.717) is 79.7 Å². The summed E-state index contributed by atoms with van der Waals surface area (Å²) in [6.07, 6.45) is -18.4. The van der Waals surface area contributed by atoms with E-state index in [1.807, 2.05) is 164 Å². The topological polar surface area (TPSA) is 228 Å². The summed E-state index contributed by atoms with van der Waals surface area (Å²) < 4.78 is 204. The molecule has 10 aromatic carbocycles. The van der Waals surface area contributed by atoms with Crippen LogP contribution in [0.15, 0.2) is 270 Å². The molecule has 4 aromatic heterocycles. The van der Waals surface area contributed by atoms with Gasteiger partial charge >= 0.3 is 31.8 Å². The van der Waals surface area contributed by atoms with Crippen molar-refractivity contribution < 1.29 is 95.9 Å². The molecule has 14 aromatic rings. The monoisotopic (exact) mass is 2120 g/mol. The molecule has 0 saturated carbocycles. The molecule has 0 unspecified atom stereocenters. The summed E-state index contributed by atoms with van der Waals surface area (Å²) in [6, 6.07) is 83.4. The summed E-state index contributed by atoms with van der Waals surface area (Å²) in [7, 11) is -6.65. The minimum Gasteiger partial charge on any atom is -0.489 e. The number of aromatic nitrogens is 12. The van der Waals surface area contributed by atoms with Gasteiger partial charge in [0.2, 0.25) is 11.6 Å². The number of benzene rings is 10. The zero-order valence-corrected chi connectivity index (χ0v) is 86.1. The Balaban J connectivity index is 0.000000184. The van der Waals surface area contributed by atoms with Crippen LogP contribution in [-0.2, 0) is 90.4 Å². The highest BCUT2D eigenvalue weighted by Crippen LogP contribution is 2.37. The Labute approximate surface area is 821 Å². The van der Waals surface area contributed by atoms with Crippen molar-refractivity contribution in [3.63, 3.8) is 0 Å². The number of halogens is 14. The van der Waals surface area contributed by atoms with E-state index in [0.717, 1.165) is 97.6 Å². The molecule has 14 rings (SSSR count). The van der Waals surface area contributed by atoms with E-state index in [2.05, 4.69) is 151 Å². The van der Waals surface area contributed by atoms with Crippen LogP contribution in [0.5, 0.6) is 17.2 Å². The number of hydrogen-bond donors (Lipinski definition) is 2. The van der Waals surface area contributed by atoms with E-state index >= 15 is 0 Å². The average molecular weight is 2120 g/mol. The first-order valence-corrected chi connectivity index (χ1v) is 60.8. The lowest BCUT2D eigenvalue weighted by Crippen LogP contribution is -2.29. The van der Waals surface area contributed by atoms with Crippen molar-refractivity contribution in [2.75, 3.05) is 26.4 Å². The lowest BCUT2D eigenvalue weighted by molar-refractivity contribution is -0.151. The van der Waals surface area contributed by atoms with Gasteiger partial charge in [-0.2, -0.15) is 52.7 Å². The molecule has 0 fully saturated rings. The number of ether oxygens (including phenoxy) is 7. The molecular formula is C99H111BBr2F12N12O9Si4. The molecule has 4 heterocycles. The van der Waals surface area contributed by atoms with Crippen LogP contribution in [-0.4, -0.2) is 135 Å². The van der Waals surface area contributed by atoms with Crippen molar-refractivity contribution in [3.8, 4) is 85.1 Å². The molecule has 2 N–H and O–H groups in total. The van der Waals surface area contributed by atoms with Gasteiger partial charge in [-0.1, -0.05) is 311 Å². The molecule has 0 aliphatic rings. The van der Waals surface area contributed by atoms with Gasteiger partial charge in [-0.3, -0.25) is 0 Å². The Kier molecular flexibility index (Phi) is 39.9. The quantitative estimate of drug-likeness (QED) is 0.0211. The number of nitrogens with zero attached hydrogens (tertiary/aromatic N) is 12. The van der Waals surface area contributed by atoms with E-state index in [1.54, 1.807) is 97.1 Å². The standard InChI is InChI=1S/2C28H30F3N3O2Si.2C15H19BrF3N3OSi.C13H13BO3/c1-37(2,3)18-17-35-20-34-26(32-27(33-34)28(29,30)31)24-11-9-22(10-12-24)23-13-15-25(16-14-23)36-19-21-7-5-4-6-8-21;1-37(2,3)18-17-35-20-34-27(28(29,30)31)32-26(33-34)24-11-9-22(10-12-24)23-13-15-25(16-14-23)36-19-21-7-5-4-6-8-21;1-24(2,3)9-8-23-10-22-13(11-4-6-12(16)7-5-11)20-14(21-22)15(17,18)19;1-24(2,3)9-8-23-10-22-14(15(17,18)19)20-13(21-22)11-4-6-12(16)7-5-11;15-14(16)12-6-8-13(9-7-12)17-10-11-4-2-1-3-5-11/h2*4-16H,17-20H2,1-3H3;2*4-7H,8-10H2,1-3H3;1-9,15-16H,10H2. The second-order valence-corrected chi connectivity index (χ2v) is 61.2.